The van der Waals surface area contributed by atoms with Crippen LogP contribution in [0.4, 0.5) is 0 Å². The van der Waals surface area contributed by atoms with E-state index < -0.39 is 0 Å². The Balaban J connectivity index is 1.63. The molecular weight excluding hydrogens is 448 g/mol. The third-order valence-electron chi connectivity index (χ3n) is 7.10. The number of allylic oxidation sites excluding steroid dienone is 11. The minimum Gasteiger partial charge on any atom is -0.363 e. The van der Waals surface area contributed by atoms with Gasteiger partial charge in [0, 0.05) is 5.92 Å². The molecular formula is C35H42N2. The number of aliphatic imine (C=N–C) groups is 1. The van der Waals surface area contributed by atoms with Crippen LogP contribution in [0.15, 0.2) is 113 Å². The van der Waals surface area contributed by atoms with Crippen molar-refractivity contribution in [2.24, 2.45) is 10.9 Å². The topological polar surface area (TPSA) is 24.4 Å². The van der Waals surface area contributed by atoms with E-state index >= 15 is 0 Å². The molecule has 0 saturated carbocycles. The summed E-state index contributed by atoms with van der Waals surface area (Å²) in [6.45, 7) is 6.53. The minimum absolute atomic E-state index is 0.191. The van der Waals surface area contributed by atoms with Crippen molar-refractivity contribution in [2.75, 3.05) is 0 Å². The summed E-state index contributed by atoms with van der Waals surface area (Å²) in [5, 5.41) is 3.81. The highest BCUT2D eigenvalue weighted by atomic mass is 15.1. The van der Waals surface area contributed by atoms with Gasteiger partial charge in [-0.2, -0.15) is 0 Å². The Kier molecular flexibility index (Phi) is 9.94. The van der Waals surface area contributed by atoms with E-state index in [4.69, 9.17) is 4.99 Å². The Morgan fingerprint density at radius 1 is 1.11 bits per heavy atom. The van der Waals surface area contributed by atoms with Crippen molar-refractivity contribution < 1.29 is 0 Å². The van der Waals surface area contributed by atoms with Crippen molar-refractivity contribution in [2.45, 2.75) is 71.8 Å². The molecule has 4 rings (SSSR count). The second kappa shape index (κ2) is 13.8. The lowest BCUT2D eigenvalue weighted by Crippen LogP contribution is -2.42. The van der Waals surface area contributed by atoms with Gasteiger partial charge in [0.05, 0.1) is 11.7 Å². The molecule has 1 N–H and O–H groups in total. The van der Waals surface area contributed by atoms with Gasteiger partial charge in [-0.15, -0.1) is 0 Å². The van der Waals surface area contributed by atoms with Crippen molar-refractivity contribution in [3.63, 3.8) is 0 Å². The summed E-state index contributed by atoms with van der Waals surface area (Å²) >= 11 is 0. The first-order valence-electron chi connectivity index (χ1n) is 14.1. The standard InChI is InChI=1S/C35H42N2/c1-4-7-8-10-16-27-21-23-29(24-22-27)33-26-34(37-35(36-33)30-17-11-9-12-18-30)32-20-13-19-31(25-32)28(14-5-2)15-6-3/h5,9-11,13-17,19,21-26,32,34H,4,6-8,12,18,20H2,1-3H3,(H,36,37)/b14-5-,16-10+,28-15+. The predicted molar refractivity (Wildman–Crippen MR) is 162 cm³/mol. The molecule has 192 valence electrons. The van der Waals surface area contributed by atoms with Crippen LogP contribution in [0, 0.1) is 5.92 Å². The number of benzene rings is 1. The number of rotatable bonds is 10. The van der Waals surface area contributed by atoms with Gasteiger partial charge in [-0.1, -0.05) is 118 Å². The second-order valence-electron chi connectivity index (χ2n) is 10.00. The van der Waals surface area contributed by atoms with Gasteiger partial charge in [0.15, 0.2) is 0 Å². The quantitative estimate of drug-likeness (QED) is 0.256. The lowest BCUT2D eigenvalue weighted by molar-refractivity contribution is 0.531. The van der Waals surface area contributed by atoms with Gasteiger partial charge in [0.2, 0.25) is 0 Å². The Morgan fingerprint density at radius 2 is 1.97 bits per heavy atom. The Hall–Kier alpha value is -3.39. The Morgan fingerprint density at radius 3 is 2.70 bits per heavy atom. The van der Waals surface area contributed by atoms with E-state index in [0.29, 0.717) is 5.92 Å². The fourth-order valence-corrected chi connectivity index (χ4v) is 5.05. The zero-order valence-electron chi connectivity index (χ0n) is 22.8. The number of unbranched alkanes of at least 4 members (excludes halogenated alkanes) is 2. The highest BCUT2D eigenvalue weighted by Crippen LogP contribution is 2.31. The molecule has 0 radical (unpaired) electrons. The van der Waals surface area contributed by atoms with E-state index in [-0.39, 0.29) is 6.04 Å². The number of hydrogen-bond acceptors (Lipinski definition) is 2. The van der Waals surface area contributed by atoms with Crippen LogP contribution in [0.3, 0.4) is 0 Å². The van der Waals surface area contributed by atoms with E-state index in [1.54, 1.807) is 0 Å². The van der Waals surface area contributed by atoms with Gasteiger partial charge in [-0.05, 0) is 73.0 Å². The lowest BCUT2D eigenvalue weighted by Gasteiger charge is -2.31. The molecule has 0 amide bonds. The number of hydrogen-bond donors (Lipinski definition) is 1. The maximum atomic E-state index is 5.14. The maximum absolute atomic E-state index is 5.14. The summed E-state index contributed by atoms with van der Waals surface area (Å²) in [6.07, 6.45) is 35.0. The van der Waals surface area contributed by atoms with Crippen molar-refractivity contribution in [1.82, 2.24) is 5.32 Å². The monoisotopic (exact) mass is 490 g/mol. The van der Waals surface area contributed by atoms with Crippen LogP contribution >= 0.6 is 0 Å². The molecule has 2 atom stereocenters. The van der Waals surface area contributed by atoms with Gasteiger partial charge in [-0.25, -0.2) is 4.99 Å². The summed E-state index contributed by atoms with van der Waals surface area (Å²) in [7, 11) is 0. The van der Waals surface area contributed by atoms with Crippen molar-refractivity contribution >= 4 is 17.6 Å². The third-order valence-corrected chi connectivity index (χ3v) is 7.10. The van der Waals surface area contributed by atoms with Gasteiger partial charge in [-0.3, -0.25) is 0 Å². The SMILES string of the molecule is C/C=C\C(=C/CC)C1=CC(C2C=C(c3ccc(/C=C/CCCC)cc3)N=C(C3=CC=CCC3)N2)CC=C1. The second-order valence-corrected chi connectivity index (χ2v) is 10.00. The molecule has 2 nitrogen and oxygen atoms in total. The largest absolute Gasteiger partial charge is 0.363 e. The van der Waals surface area contributed by atoms with Crippen LogP contribution < -0.4 is 5.32 Å². The number of nitrogens with zero attached hydrogens (tertiary/aromatic N) is 1. The fraction of sp³-hybridized carbons (Fsp3) is 0.343. The molecule has 0 saturated heterocycles. The molecule has 37 heavy (non-hydrogen) atoms. The molecule has 1 aromatic rings. The normalized spacial score (nSPS) is 22.1. The molecule has 2 heteroatoms. The number of nitrogens with one attached hydrogen (secondary N) is 1. The maximum Gasteiger partial charge on any atom is 0.130 e. The van der Waals surface area contributed by atoms with Gasteiger partial charge >= 0.3 is 0 Å². The van der Waals surface area contributed by atoms with Gasteiger partial charge in [0.25, 0.3) is 0 Å². The minimum atomic E-state index is 0.191. The lowest BCUT2D eigenvalue weighted by atomic mass is 9.85. The van der Waals surface area contributed by atoms with Crippen LogP contribution in [0.5, 0.6) is 0 Å². The zero-order valence-corrected chi connectivity index (χ0v) is 22.8. The van der Waals surface area contributed by atoms with Crippen LogP contribution in [-0.2, 0) is 0 Å². The zero-order chi connectivity index (χ0) is 25.9. The Bertz CT molecular complexity index is 1190. The van der Waals surface area contributed by atoms with Crippen LogP contribution in [0.2, 0.25) is 0 Å². The molecule has 1 heterocycles. The van der Waals surface area contributed by atoms with Crippen LogP contribution in [-0.4, -0.2) is 11.9 Å². The van der Waals surface area contributed by atoms with E-state index in [1.807, 2.05) is 0 Å². The highest BCUT2D eigenvalue weighted by molar-refractivity contribution is 6.03. The fourth-order valence-electron chi connectivity index (χ4n) is 5.05. The average molecular weight is 491 g/mol. The summed E-state index contributed by atoms with van der Waals surface area (Å²) in [5.41, 5.74) is 7.42. The van der Waals surface area contributed by atoms with Crippen molar-refractivity contribution in [3.05, 3.63) is 119 Å². The smallest absolute Gasteiger partial charge is 0.130 e. The van der Waals surface area contributed by atoms with E-state index in [2.05, 4.69) is 123 Å². The molecule has 0 fully saturated rings. The molecule has 0 aromatic heterocycles. The molecule has 1 aromatic carbocycles. The summed E-state index contributed by atoms with van der Waals surface area (Å²) in [4.78, 5) is 5.14. The first kappa shape index (κ1) is 26.7. The third kappa shape index (κ3) is 7.32. The molecule has 1 aliphatic heterocycles. The highest BCUT2D eigenvalue weighted by Gasteiger charge is 2.26. The van der Waals surface area contributed by atoms with E-state index in [0.717, 1.165) is 43.6 Å². The van der Waals surface area contributed by atoms with Crippen molar-refractivity contribution in [3.8, 4) is 0 Å². The molecule has 0 bridgehead atoms. The average Bonchev–Trinajstić information content (AvgIpc) is 2.96. The molecule has 2 unspecified atom stereocenters. The van der Waals surface area contributed by atoms with Crippen LogP contribution in [0.1, 0.15) is 76.8 Å². The van der Waals surface area contributed by atoms with E-state index in [1.165, 1.54) is 40.7 Å². The van der Waals surface area contributed by atoms with Crippen molar-refractivity contribution in [1.29, 1.82) is 0 Å². The summed E-state index contributed by atoms with van der Waals surface area (Å²) in [5.74, 6) is 1.39. The number of amidine groups is 1. The first-order valence-corrected chi connectivity index (χ1v) is 14.1. The van der Waals surface area contributed by atoms with Crippen LogP contribution in [0.25, 0.3) is 11.8 Å². The molecule has 0 spiro atoms. The summed E-state index contributed by atoms with van der Waals surface area (Å²) in [6, 6.07) is 9.07. The predicted octanol–water partition coefficient (Wildman–Crippen LogP) is 9.29. The molecule has 2 aliphatic carbocycles. The van der Waals surface area contributed by atoms with Gasteiger partial charge in [0.1, 0.15) is 5.84 Å². The molecule has 3 aliphatic rings. The van der Waals surface area contributed by atoms with E-state index in [9.17, 15) is 0 Å². The van der Waals surface area contributed by atoms with Gasteiger partial charge < -0.3 is 5.32 Å². The Labute approximate surface area is 224 Å². The first-order chi connectivity index (χ1) is 18.2. The summed E-state index contributed by atoms with van der Waals surface area (Å²) < 4.78 is 0.